The largest absolute Gasteiger partial charge is 0.484 e. The number of ether oxygens (including phenoxy) is 1. The first-order chi connectivity index (χ1) is 16.4. The standard InChI is InChI=1S/C26H38N4O4/c1-3-14-26(24(32)30(25(33)27-26)18-13-21-8-7-15-28(21)2)20-11-16-29(17-12-20)23(31)19-34-22-9-5-4-6-10-22/h4-6,9-10,20-21H,3,7-8,11-19H2,1-2H3,(H,27,33)/t21-,26+/m0/s1. The van der Waals surface area contributed by atoms with Gasteiger partial charge in [-0.3, -0.25) is 14.5 Å². The third kappa shape index (κ3) is 5.06. The molecule has 3 heterocycles. The molecule has 3 fully saturated rings. The Morgan fingerprint density at radius 1 is 1.12 bits per heavy atom. The van der Waals surface area contributed by atoms with Crippen LogP contribution in [0.3, 0.4) is 0 Å². The Labute approximate surface area is 202 Å². The number of nitrogens with zero attached hydrogens (tertiary/aromatic N) is 3. The molecular weight excluding hydrogens is 432 g/mol. The minimum absolute atomic E-state index is 0.00778. The summed E-state index contributed by atoms with van der Waals surface area (Å²) in [5.41, 5.74) is -0.844. The van der Waals surface area contributed by atoms with Crippen molar-refractivity contribution in [2.24, 2.45) is 5.92 Å². The van der Waals surface area contributed by atoms with Crippen LogP contribution in [-0.4, -0.2) is 84.0 Å². The highest BCUT2D eigenvalue weighted by atomic mass is 16.5. The number of hydrogen-bond acceptors (Lipinski definition) is 5. The second kappa shape index (κ2) is 10.8. The number of piperidine rings is 1. The van der Waals surface area contributed by atoms with E-state index in [-0.39, 0.29) is 30.4 Å². The van der Waals surface area contributed by atoms with Crippen molar-refractivity contribution in [3.63, 3.8) is 0 Å². The molecule has 4 amide bonds. The van der Waals surface area contributed by atoms with Gasteiger partial charge in [-0.2, -0.15) is 0 Å². The number of urea groups is 1. The molecule has 3 saturated heterocycles. The van der Waals surface area contributed by atoms with E-state index >= 15 is 0 Å². The highest BCUT2D eigenvalue weighted by Gasteiger charge is 2.55. The Hall–Kier alpha value is -2.61. The maximum absolute atomic E-state index is 13.6. The molecule has 0 bridgehead atoms. The van der Waals surface area contributed by atoms with Gasteiger partial charge in [0.05, 0.1) is 0 Å². The first-order valence-corrected chi connectivity index (χ1v) is 12.7. The van der Waals surface area contributed by atoms with Gasteiger partial charge in [-0.25, -0.2) is 4.79 Å². The van der Waals surface area contributed by atoms with Gasteiger partial charge < -0.3 is 19.9 Å². The van der Waals surface area contributed by atoms with Crippen molar-refractivity contribution in [3.05, 3.63) is 30.3 Å². The molecule has 0 unspecified atom stereocenters. The molecule has 4 rings (SSSR count). The maximum atomic E-state index is 13.6. The first kappa shape index (κ1) is 24.5. The lowest BCUT2D eigenvalue weighted by molar-refractivity contribution is -0.137. The number of carbonyl (C=O) groups excluding carboxylic acids is 3. The molecule has 0 spiro atoms. The summed E-state index contributed by atoms with van der Waals surface area (Å²) in [7, 11) is 2.12. The van der Waals surface area contributed by atoms with E-state index in [1.165, 1.54) is 11.3 Å². The van der Waals surface area contributed by atoms with Gasteiger partial charge in [0.2, 0.25) is 0 Å². The fourth-order valence-electron chi connectivity index (χ4n) is 5.89. The van der Waals surface area contributed by atoms with Crippen LogP contribution in [0.15, 0.2) is 30.3 Å². The van der Waals surface area contributed by atoms with Crippen LogP contribution in [-0.2, 0) is 9.59 Å². The number of carbonyl (C=O) groups is 3. The zero-order valence-electron chi connectivity index (χ0n) is 20.5. The maximum Gasteiger partial charge on any atom is 0.325 e. The number of nitrogens with one attached hydrogen (secondary N) is 1. The lowest BCUT2D eigenvalue weighted by Gasteiger charge is -2.41. The Kier molecular flexibility index (Phi) is 7.76. The van der Waals surface area contributed by atoms with E-state index in [1.54, 1.807) is 0 Å². The van der Waals surface area contributed by atoms with Crippen LogP contribution >= 0.6 is 0 Å². The summed E-state index contributed by atoms with van der Waals surface area (Å²) in [5.74, 6) is 0.589. The van der Waals surface area contributed by atoms with Crippen LogP contribution in [0.25, 0.3) is 0 Å². The van der Waals surface area contributed by atoms with Gasteiger partial charge in [-0.1, -0.05) is 31.5 Å². The second-order valence-corrected chi connectivity index (χ2v) is 9.93. The minimum Gasteiger partial charge on any atom is -0.484 e. The van der Waals surface area contributed by atoms with Gasteiger partial charge in [-0.05, 0) is 70.2 Å². The van der Waals surface area contributed by atoms with Crippen LogP contribution in [0, 0.1) is 5.92 Å². The molecular formula is C26H38N4O4. The SMILES string of the molecule is CCC[C@]1(C2CCN(C(=O)COc3ccccc3)CC2)NC(=O)N(CC[C@@H]2CCCN2C)C1=O. The highest BCUT2D eigenvalue weighted by Crippen LogP contribution is 2.37. The van der Waals surface area contributed by atoms with Crippen molar-refractivity contribution in [1.29, 1.82) is 0 Å². The average Bonchev–Trinajstić information content (AvgIpc) is 3.37. The van der Waals surface area contributed by atoms with Gasteiger partial charge >= 0.3 is 6.03 Å². The Morgan fingerprint density at radius 2 is 1.85 bits per heavy atom. The topological polar surface area (TPSA) is 82.2 Å². The molecule has 2 atom stereocenters. The molecule has 186 valence electrons. The van der Waals surface area contributed by atoms with Crippen LogP contribution in [0.4, 0.5) is 4.79 Å². The minimum atomic E-state index is -0.844. The number of likely N-dealkylation sites (tertiary alicyclic amines) is 2. The second-order valence-electron chi connectivity index (χ2n) is 9.93. The van der Waals surface area contributed by atoms with Crippen molar-refractivity contribution in [2.75, 3.05) is 39.8 Å². The van der Waals surface area contributed by atoms with Crippen molar-refractivity contribution >= 4 is 17.8 Å². The van der Waals surface area contributed by atoms with Crippen LogP contribution in [0.5, 0.6) is 5.75 Å². The average molecular weight is 471 g/mol. The fourth-order valence-corrected chi connectivity index (χ4v) is 5.89. The molecule has 8 nitrogen and oxygen atoms in total. The smallest absolute Gasteiger partial charge is 0.325 e. The number of para-hydroxylation sites is 1. The number of imide groups is 1. The summed E-state index contributed by atoms with van der Waals surface area (Å²) in [6.07, 6.45) is 5.97. The van der Waals surface area contributed by atoms with Gasteiger partial charge in [0.25, 0.3) is 11.8 Å². The van der Waals surface area contributed by atoms with E-state index in [0.717, 1.165) is 25.8 Å². The fraction of sp³-hybridized carbons (Fsp3) is 0.654. The summed E-state index contributed by atoms with van der Waals surface area (Å²) in [6.45, 7) is 4.76. The summed E-state index contributed by atoms with van der Waals surface area (Å²) >= 11 is 0. The third-order valence-corrected chi connectivity index (χ3v) is 7.85. The van der Waals surface area contributed by atoms with Gasteiger partial charge in [0.1, 0.15) is 11.3 Å². The van der Waals surface area contributed by atoms with Crippen LogP contribution < -0.4 is 10.1 Å². The van der Waals surface area contributed by atoms with Crippen molar-refractivity contribution in [2.45, 2.75) is 63.5 Å². The number of hydrogen-bond donors (Lipinski definition) is 1. The van der Waals surface area contributed by atoms with Crippen LogP contribution in [0.2, 0.25) is 0 Å². The van der Waals surface area contributed by atoms with E-state index in [2.05, 4.69) is 24.2 Å². The number of rotatable bonds is 9. The van der Waals surface area contributed by atoms with Crippen molar-refractivity contribution < 1.29 is 19.1 Å². The monoisotopic (exact) mass is 470 g/mol. The first-order valence-electron chi connectivity index (χ1n) is 12.7. The summed E-state index contributed by atoms with van der Waals surface area (Å²) in [5, 5.41) is 3.11. The summed E-state index contributed by atoms with van der Waals surface area (Å²) < 4.78 is 5.62. The van der Waals surface area contributed by atoms with E-state index < -0.39 is 5.54 Å². The lowest BCUT2D eigenvalue weighted by Crippen LogP contribution is -2.56. The predicted octanol–water partition coefficient (Wildman–Crippen LogP) is 2.88. The molecule has 0 saturated carbocycles. The van der Waals surface area contributed by atoms with Crippen molar-refractivity contribution in [3.8, 4) is 5.75 Å². The highest BCUT2D eigenvalue weighted by molar-refractivity contribution is 6.07. The molecule has 3 aliphatic rings. The molecule has 1 N–H and O–H groups in total. The molecule has 8 heteroatoms. The molecule has 1 aromatic rings. The van der Waals surface area contributed by atoms with E-state index in [1.807, 2.05) is 35.2 Å². The summed E-state index contributed by atoms with van der Waals surface area (Å²) in [4.78, 5) is 44.8. The third-order valence-electron chi connectivity index (χ3n) is 7.85. The zero-order valence-corrected chi connectivity index (χ0v) is 20.5. The Bertz CT molecular complexity index is 871. The molecule has 0 radical (unpaired) electrons. The Balaban J connectivity index is 1.34. The molecule has 1 aromatic carbocycles. The molecule has 3 aliphatic heterocycles. The van der Waals surface area contributed by atoms with Gasteiger partial charge in [-0.15, -0.1) is 0 Å². The predicted molar refractivity (Wildman–Crippen MR) is 129 cm³/mol. The van der Waals surface area contributed by atoms with Gasteiger partial charge in [0, 0.05) is 25.7 Å². The van der Waals surface area contributed by atoms with Gasteiger partial charge in [0.15, 0.2) is 6.61 Å². The number of benzene rings is 1. The van der Waals surface area contributed by atoms with E-state index in [4.69, 9.17) is 4.74 Å². The Morgan fingerprint density at radius 3 is 2.50 bits per heavy atom. The zero-order chi connectivity index (χ0) is 24.1. The number of amides is 4. The normalized spacial score (nSPS) is 26.2. The summed E-state index contributed by atoms with van der Waals surface area (Å²) in [6, 6.07) is 9.50. The van der Waals surface area contributed by atoms with E-state index in [9.17, 15) is 14.4 Å². The quantitative estimate of drug-likeness (QED) is 0.561. The van der Waals surface area contributed by atoms with Crippen molar-refractivity contribution in [1.82, 2.24) is 20.0 Å². The lowest BCUT2D eigenvalue weighted by atomic mass is 9.74. The van der Waals surface area contributed by atoms with E-state index in [0.29, 0.717) is 50.7 Å². The molecule has 34 heavy (non-hydrogen) atoms. The van der Waals surface area contributed by atoms with Crippen LogP contribution in [0.1, 0.15) is 51.9 Å². The molecule has 0 aliphatic carbocycles. The molecule has 0 aromatic heterocycles.